The van der Waals surface area contributed by atoms with E-state index < -0.39 is 0 Å². The number of halogens is 2. The smallest absolute Gasteiger partial charge is 0.230 e. The monoisotopic (exact) mass is 420 g/mol. The second kappa shape index (κ2) is 7.70. The van der Waals surface area contributed by atoms with Crippen molar-refractivity contribution in [3.8, 4) is 0 Å². The second-order valence-electron chi connectivity index (χ2n) is 6.76. The SMILES string of the molecule is Cc1ccc(C(NC(=O)CSc2nnc3c(Cl)cc(Cl)cn23)C2CC2)cc1. The van der Waals surface area contributed by atoms with Gasteiger partial charge < -0.3 is 5.32 Å². The Morgan fingerprint density at radius 3 is 2.74 bits per heavy atom. The van der Waals surface area contributed by atoms with Gasteiger partial charge >= 0.3 is 0 Å². The number of thioether (sulfide) groups is 1. The second-order valence-corrected chi connectivity index (χ2v) is 8.55. The molecular weight excluding hydrogens is 403 g/mol. The van der Waals surface area contributed by atoms with Crippen molar-refractivity contribution in [2.24, 2.45) is 5.92 Å². The van der Waals surface area contributed by atoms with Gasteiger partial charge in [-0.15, -0.1) is 10.2 Å². The van der Waals surface area contributed by atoms with Gasteiger partial charge in [0.15, 0.2) is 10.8 Å². The van der Waals surface area contributed by atoms with E-state index in [0.29, 0.717) is 26.8 Å². The van der Waals surface area contributed by atoms with Crippen LogP contribution in [0.15, 0.2) is 41.7 Å². The Kier molecular flexibility index (Phi) is 5.30. The first-order chi connectivity index (χ1) is 13.0. The molecule has 3 aromatic rings. The summed E-state index contributed by atoms with van der Waals surface area (Å²) in [6, 6.07) is 10.1. The third-order valence-electron chi connectivity index (χ3n) is 4.57. The van der Waals surface area contributed by atoms with Crippen LogP contribution in [0.4, 0.5) is 0 Å². The molecule has 1 N–H and O–H groups in total. The first-order valence-electron chi connectivity index (χ1n) is 8.70. The van der Waals surface area contributed by atoms with Gasteiger partial charge in [-0.3, -0.25) is 9.20 Å². The van der Waals surface area contributed by atoms with Crippen LogP contribution in [0.2, 0.25) is 10.0 Å². The molecule has 2 aromatic heterocycles. The summed E-state index contributed by atoms with van der Waals surface area (Å²) in [5.74, 6) is 0.746. The summed E-state index contributed by atoms with van der Waals surface area (Å²) in [6.45, 7) is 2.06. The molecule has 1 aliphatic carbocycles. The number of carbonyl (C=O) groups is 1. The highest BCUT2D eigenvalue weighted by Gasteiger charge is 2.33. The van der Waals surface area contributed by atoms with E-state index >= 15 is 0 Å². The molecule has 140 valence electrons. The Hall–Kier alpha value is -1.76. The number of rotatable bonds is 6. The highest BCUT2D eigenvalue weighted by Crippen LogP contribution is 2.41. The van der Waals surface area contributed by atoms with E-state index in [1.165, 1.54) is 17.3 Å². The highest BCUT2D eigenvalue weighted by molar-refractivity contribution is 7.99. The number of carbonyl (C=O) groups excluding carboxylic acids is 1. The molecule has 0 saturated heterocycles. The van der Waals surface area contributed by atoms with Crippen LogP contribution < -0.4 is 5.32 Å². The Morgan fingerprint density at radius 1 is 1.30 bits per heavy atom. The lowest BCUT2D eigenvalue weighted by molar-refractivity contribution is -0.119. The number of nitrogens with one attached hydrogen (secondary N) is 1. The van der Waals surface area contributed by atoms with Gasteiger partial charge in [-0.05, 0) is 37.3 Å². The number of nitrogens with zero attached hydrogens (tertiary/aromatic N) is 3. The standard InChI is InChI=1S/C19H18Cl2N4OS/c1-11-2-4-12(5-3-11)17(13-6-7-13)22-16(26)10-27-19-24-23-18-15(21)8-14(20)9-25(18)19/h2-5,8-9,13,17H,6-7,10H2,1H3,(H,22,26). The predicted molar refractivity (Wildman–Crippen MR) is 109 cm³/mol. The molecule has 4 rings (SSSR count). The molecule has 8 heteroatoms. The van der Waals surface area contributed by atoms with Crippen LogP contribution in [-0.2, 0) is 4.79 Å². The Morgan fingerprint density at radius 2 is 2.04 bits per heavy atom. The molecule has 2 heterocycles. The fourth-order valence-electron chi connectivity index (χ4n) is 3.02. The van der Waals surface area contributed by atoms with Crippen LogP contribution in [0.1, 0.15) is 30.0 Å². The van der Waals surface area contributed by atoms with Crippen LogP contribution in [0.25, 0.3) is 5.65 Å². The lowest BCUT2D eigenvalue weighted by Gasteiger charge is -2.19. The van der Waals surface area contributed by atoms with Gasteiger partial charge in [0.05, 0.1) is 21.8 Å². The maximum Gasteiger partial charge on any atom is 0.230 e. The van der Waals surface area contributed by atoms with Gasteiger partial charge in [-0.25, -0.2) is 0 Å². The molecule has 5 nitrogen and oxygen atoms in total. The zero-order valence-electron chi connectivity index (χ0n) is 14.7. The maximum atomic E-state index is 12.5. The summed E-state index contributed by atoms with van der Waals surface area (Å²) in [5.41, 5.74) is 2.90. The fraction of sp³-hybridized carbons (Fsp3) is 0.316. The molecule has 1 aromatic carbocycles. The summed E-state index contributed by atoms with van der Waals surface area (Å²) in [7, 11) is 0. The van der Waals surface area contributed by atoms with Crippen molar-refractivity contribution in [1.82, 2.24) is 19.9 Å². The normalized spacial score (nSPS) is 15.1. The number of fused-ring (bicyclic) bond motifs is 1. The molecular formula is C19H18Cl2N4OS. The molecule has 1 atom stereocenters. The van der Waals surface area contributed by atoms with E-state index in [2.05, 4.69) is 46.7 Å². The van der Waals surface area contributed by atoms with Crippen LogP contribution in [0.3, 0.4) is 0 Å². The summed E-state index contributed by atoms with van der Waals surface area (Å²) in [4.78, 5) is 12.5. The van der Waals surface area contributed by atoms with Gasteiger partial charge in [0.25, 0.3) is 0 Å². The summed E-state index contributed by atoms with van der Waals surface area (Å²) in [6.07, 6.45) is 4.00. The first-order valence-corrected chi connectivity index (χ1v) is 10.4. The molecule has 1 saturated carbocycles. The third-order valence-corrected chi connectivity index (χ3v) is 6.00. The highest BCUT2D eigenvalue weighted by atomic mass is 35.5. The van der Waals surface area contributed by atoms with Crippen molar-refractivity contribution in [1.29, 1.82) is 0 Å². The van der Waals surface area contributed by atoms with Gasteiger partial charge in [-0.1, -0.05) is 64.8 Å². The first kappa shape index (κ1) is 18.6. The van der Waals surface area contributed by atoms with E-state index in [1.807, 2.05) is 0 Å². The average Bonchev–Trinajstić information content (AvgIpc) is 3.39. The van der Waals surface area contributed by atoms with Gasteiger partial charge in [0.2, 0.25) is 5.91 Å². The van der Waals surface area contributed by atoms with Crippen LogP contribution >= 0.6 is 35.0 Å². The number of aryl methyl sites for hydroxylation is 1. The molecule has 27 heavy (non-hydrogen) atoms. The Labute approximate surface area is 171 Å². The van der Waals surface area contributed by atoms with Crippen LogP contribution in [-0.4, -0.2) is 26.3 Å². The number of aromatic nitrogens is 3. The Bertz CT molecular complexity index is 985. The number of benzene rings is 1. The quantitative estimate of drug-likeness (QED) is 0.586. The Balaban J connectivity index is 1.44. The van der Waals surface area contributed by atoms with E-state index in [-0.39, 0.29) is 17.7 Å². The zero-order chi connectivity index (χ0) is 19.0. The molecule has 1 aliphatic rings. The summed E-state index contributed by atoms with van der Waals surface area (Å²) < 4.78 is 1.71. The van der Waals surface area contributed by atoms with Crippen molar-refractivity contribution in [3.63, 3.8) is 0 Å². The molecule has 0 spiro atoms. The number of hydrogen-bond donors (Lipinski definition) is 1. The average molecular weight is 421 g/mol. The van der Waals surface area contributed by atoms with Gasteiger partial charge in [0, 0.05) is 6.20 Å². The third kappa shape index (κ3) is 4.23. The van der Waals surface area contributed by atoms with Gasteiger partial charge in [0.1, 0.15) is 0 Å². The van der Waals surface area contributed by atoms with Crippen molar-refractivity contribution < 1.29 is 4.79 Å². The lowest BCUT2D eigenvalue weighted by Crippen LogP contribution is -2.31. The minimum atomic E-state index is -0.0256. The van der Waals surface area contributed by atoms with E-state index in [9.17, 15) is 4.79 Å². The molecule has 1 fully saturated rings. The van der Waals surface area contributed by atoms with E-state index in [0.717, 1.165) is 18.4 Å². The number of hydrogen-bond acceptors (Lipinski definition) is 4. The van der Waals surface area contributed by atoms with Crippen molar-refractivity contribution in [2.75, 3.05) is 5.75 Å². The zero-order valence-corrected chi connectivity index (χ0v) is 17.0. The minimum Gasteiger partial charge on any atom is -0.348 e. The van der Waals surface area contributed by atoms with Crippen LogP contribution in [0.5, 0.6) is 0 Å². The minimum absolute atomic E-state index is 0.0256. The number of pyridine rings is 1. The molecule has 1 unspecified atom stereocenters. The molecule has 0 bridgehead atoms. The molecule has 0 radical (unpaired) electrons. The van der Waals surface area contributed by atoms with Crippen LogP contribution in [0, 0.1) is 12.8 Å². The topological polar surface area (TPSA) is 59.3 Å². The summed E-state index contributed by atoms with van der Waals surface area (Å²) in [5, 5.41) is 12.9. The summed E-state index contributed by atoms with van der Waals surface area (Å²) >= 11 is 13.5. The van der Waals surface area contributed by atoms with Crippen molar-refractivity contribution >= 4 is 46.5 Å². The molecule has 1 amide bonds. The van der Waals surface area contributed by atoms with E-state index in [4.69, 9.17) is 23.2 Å². The largest absolute Gasteiger partial charge is 0.348 e. The number of amides is 1. The fourth-order valence-corrected chi connectivity index (χ4v) is 4.25. The lowest BCUT2D eigenvalue weighted by atomic mass is 10.0. The van der Waals surface area contributed by atoms with Crippen molar-refractivity contribution in [2.45, 2.75) is 31.0 Å². The van der Waals surface area contributed by atoms with Gasteiger partial charge in [-0.2, -0.15) is 0 Å². The van der Waals surface area contributed by atoms with E-state index in [1.54, 1.807) is 16.7 Å². The molecule has 0 aliphatic heterocycles. The van der Waals surface area contributed by atoms with Crippen molar-refractivity contribution in [3.05, 3.63) is 57.7 Å². The maximum absolute atomic E-state index is 12.5. The predicted octanol–water partition coefficient (Wildman–Crippen LogP) is 4.70.